The van der Waals surface area contributed by atoms with Crippen LogP contribution in [0, 0.1) is 23.7 Å². The van der Waals surface area contributed by atoms with Crippen molar-refractivity contribution in [1.82, 2.24) is 60.0 Å². The summed E-state index contributed by atoms with van der Waals surface area (Å²) < 4.78 is 41.5. The van der Waals surface area contributed by atoms with Gasteiger partial charge in [0.15, 0.2) is 0 Å². The van der Waals surface area contributed by atoms with Crippen molar-refractivity contribution < 1.29 is 70.7 Å². The quantitative estimate of drug-likeness (QED) is 0.234. The number of likely N-dealkylation sites (N-methyl/N-ethyl adjacent to an activating group) is 7. The van der Waals surface area contributed by atoms with Crippen molar-refractivity contribution in [3.05, 3.63) is 34.3 Å². The number of fused-ring (bicyclic) bond motifs is 1. The highest BCUT2D eigenvalue weighted by Gasteiger charge is 2.48. The lowest BCUT2D eigenvalue weighted by molar-refractivity contribution is -0.156. The van der Waals surface area contributed by atoms with Gasteiger partial charge in [-0.15, -0.1) is 0 Å². The Morgan fingerprint density at radius 2 is 1.21 bits per heavy atom. The molecule has 3 aliphatic heterocycles. The van der Waals surface area contributed by atoms with Gasteiger partial charge >= 0.3 is 6.18 Å². The van der Waals surface area contributed by atoms with E-state index in [1.165, 1.54) is 93.7 Å². The van der Waals surface area contributed by atoms with Gasteiger partial charge in [-0.05, 0) is 126 Å². The number of carbonyl (C=O) groups is 12. The molecule has 3 saturated heterocycles. The van der Waals surface area contributed by atoms with E-state index in [2.05, 4.69) is 16.0 Å². The summed E-state index contributed by atoms with van der Waals surface area (Å²) in [7, 11) is 9.90. The number of aryl methyl sites for hydroxylation is 1. The number of hydrogen-bond acceptors (Lipinski definition) is 12. The molecule has 3 N–H and O–H groups in total. The molecule has 5 aliphatic rings. The van der Waals surface area contributed by atoms with Gasteiger partial charge in [-0.3, -0.25) is 57.5 Å². The lowest BCUT2D eigenvalue weighted by atomic mass is 9.82. The van der Waals surface area contributed by atoms with Crippen LogP contribution >= 0.6 is 11.6 Å². The minimum Gasteiger partial charge on any atom is -0.343 e. The molecule has 2 saturated carbocycles. The monoisotopic (exact) mass is 1410 g/mol. The van der Waals surface area contributed by atoms with Crippen molar-refractivity contribution in [2.45, 2.75) is 230 Å². The second kappa shape index (κ2) is 36.0. The molecule has 6 rings (SSSR count). The normalized spacial score (nSPS) is 26.4. The molecule has 1 aromatic rings. The molecule has 1 aromatic carbocycles. The lowest BCUT2D eigenvalue weighted by Gasteiger charge is -2.43. The first-order valence-electron chi connectivity index (χ1n) is 35.6. The van der Waals surface area contributed by atoms with E-state index < -0.39 is 173 Å². The van der Waals surface area contributed by atoms with Crippen LogP contribution in [-0.4, -0.2) is 251 Å². The molecule has 24 nitrogen and oxygen atoms in total. The summed E-state index contributed by atoms with van der Waals surface area (Å²) in [4.78, 5) is 189. The standard InChI is InChI=1S/C71H110ClF3N12O12/c1-14-45(4)60-67(97)81(9)42-58(90)79(7)43-59(91)83(11)54(39-46-25-18-15-19-26-46)65(95)80(8)41-56(88)76-51(33-31-47-30-32-49(50(72)38-47)71(73,74)75)64(94)87-36-24-29-52(87)63(93)78-70(5,6)69(99)85(13)61(48-27-20-16-21-28-48)68(98)84(12)55(66(96)86-34-22-17-23-35-86)40-57(89)82(10)53(37-44(2)3)62(92)77-60/h30,32,38,44-46,48,51-55,60-61H,14-29,31,33-37,39-43H2,1-13H3,(H,76,88)(H,77,92)(H,78,93)/t45-,51-,52-,53-,54-,55-,60-,61-/m0/s1. The Labute approximate surface area is 587 Å². The number of piperidine rings is 1. The van der Waals surface area contributed by atoms with Crippen LogP contribution in [-0.2, 0) is 70.1 Å². The fourth-order valence-corrected chi connectivity index (χ4v) is 15.0. The van der Waals surface area contributed by atoms with Gasteiger partial charge in [0.2, 0.25) is 70.9 Å². The van der Waals surface area contributed by atoms with Crippen molar-refractivity contribution in [3.63, 3.8) is 0 Å². The molecule has 3 heterocycles. The van der Waals surface area contributed by atoms with Gasteiger partial charge in [0, 0.05) is 69.0 Å². The Balaban J connectivity index is 1.42. The van der Waals surface area contributed by atoms with E-state index in [1.54, 1.807) is 11.8 Å². The lowest BCUT2D eigenvalue weighted by Crippen LogP contribution is -2.64. The fraction of sp³-hybridized carbons (Fsp3) is 0.746. The van der Waals surface area contributed by atoms with Crippen LogP contribution in [0.2, 0.25) is 5.02 Å². The molecule has 99 heavy (non-hydrogen) atoms. The summed E-state index contributed by atoms with van der Waals surface area (Å²) in [5.74, 6) is -9.04. The Kier molecular flexibility index (Phi) is 29.4. The van der Waals surface area contributed by atoms with E-state index in [1.807, 2.05) is 20.8 Å². The molecule has 5 fully saturated rings. The summed E-state index contributed by atoms with van der Waals surface area (Å²) in [6.45, 7) is 9.32. The third kappa shape index (κ3) is 21.3. The summed E-state index contributed by atoms with van der Waals surface area (Å²) >= 11 is 6.14. The first-order chi connectivity index (χ1) is 46.5. The molecule has 0 radical (unpaired) electrons. The van der Waals surface area contributed by atoms with Crippen molar-refractivity contribution in [2.75, 3.05) is 88.6 Å². The third-order valence-corrected chi connectivity index (χ3v) is 21.4. The maximum Gasteiger partial charge on any atom is 0.417 e. The molecule has 8 atom stereocenters. The predicted molar refractivity (Wildman–Crippen MR) is 366 cm³/mol. The van der Waals surface area contributed by atoms with Crippen molar-refractivity contribution in [3.8, 4) is 0 Å². The van der Waals surface area contributed by atoms with Crippen LogP contribution in [0.4, 0.5) is 13.2 Å². The summed E-state index contributed by atoms with van der Waals surface area (Å²) in [6, 6.07) is -5.65. The SMILES string of the molecule is CC[C@H](C)[C@@H]1NC(=O)[C@H](CC(C)C)N(C)C(=O)C[C@@H](C(=O)N2CCCCC2)N(C)C(=O)[C@H](C2CCCCC2)N(C)C(=O)C(C)(C)NC(=O)[C@@H]2CCCN2C(=O)[C@H](CCc2ccc(C(F)(F)F)c(Cl)c2)NC(=O)CN(C)C(=O)[C@H](CC2CCCCC2)N(C)C(=O)CN(C)C(=O)CN(C)C1=O. The Morgan fingerprint density at radius 3 is 1.81 bits per heavy atom. The van der Waals surface area contributed by atoms with E-state index in [9.17, 15) is 46.7 Å². The molecule has 0 bridgehead atoms. The van der Waals surface area contributed by atoms with E-state index in [4.69, 9.17) is 11.6 Å². The fourth-order valence-electron chi connectivity index (χ4n) is 14.7. The Hall–Kier alpha value is -7.06. The van der Waals surface area contributed by atoms with Crippen LogP contribution in [0.25, 0.3) is 0 Å². The summed E-state index contributed by atoms with van der Waals surface area (Å²) in [5.41, 5.74) is -2.55. The molecule has 2 aliphatic carbocycles. The Bertz CT molecular complexity index is 3060. The topological polar surface area (TPSA) is 270 Å². The summed E-state index contributed by atoms with van der Waals surface area (Å²) in [6.07, 6.45) is 5.52. The second-order valence-corrected chi connectivity index (χ2v) is 29.9. The van der Waals surface area contributed by atoms with E-state index in [0.717, 1.165) is 84.6 Å². The van der Waals surface area contributed by atoms with Crippen LogP contribution in [0.15, 0.2) is 18.2 Å². The number of nitrogens with one attached hydrogen (secondary N) is 3. The van der Waals surface area contributed by atoms with Crippen LogP contribution in [0.5, 0.6) is 0 Å². The van der Waals surface area contributed by atoms with Crippen LogP contribution < -0.4 is 16.0 Å². The molecule has 28 heteroatoms. The predicted octanol–water partition coefficient (Wildman–Crippen LogP) is 5.89. The summed E-state index contributed by atoms with van der Waals surface area (Å²) in [5, 5.41) is 7.91. The highest BCUT2D eigenvalue weighted by atomic mass is 35.5. The smallest absolute Gasteiger partial charge is 0.343 e. The van der Waals surface area contributed by atoms with Gasteiger partial charge < -0.3 is 60.0 Å². The van der Waals surface area contributed by atoms with Gasteiger partial charge in [0.25, 0.3) is 0 Å². The van der Waals surface area contributed by atoms with E-state index in [-0.39, 0.29) is 50.5 Å². The maximum absolute atomic E-state index is 15.6. The maximum atomic E-state index is 15.6. The molecule has 12 amide bonds. The van der Waals surface area contributed by atoms with Crippen molar-refractivity contribution in [2.24, 2.45) is 23.7 Å². The molecule has 0 unspecified atom stereocenters. The third-order valence-electron chi connectivity index (χ3n) is 21.1. The minimum atomic E-state index is -4.76. The highest BCUT2D eigenvalue weighted by molar-refractivity contribution is 6.31. The largest absolute Gasteiger partial charge is 0.417 e. The average molecular weight is 1420 g/mol. The number of hydrogen-bond donors (Lipinski definition) is 3. The zero-order chi connectivity index (χ0) is 73.5. The zero-order valence-electron chi connectivity index (χ0n) is 60.6. The zero-order valence-corrected chi connectivity index (χ0v) is 61.4. The number of benzene rings is 1. The number of likely N-dealkylation sites (tertiary alicyclic amines) is 1. The molecule has 0 spiro atoms. The number of amides is 12. The minimum absolute atomic E-state index is 0.0171. The van der Waals surface area contributed by atoms with Gasteiger partial charge in [-0.1, -0.05) is 103 Å². The van der Waals surface area contributed by atoms with Gasteiger partial charge in [0.1, 0.15) is 47.8 Å². The van der Waals surface area contributed by atoms with Crippen LogP contribution in [0.3, 0.4) is 0 Å². The first-order valence-corrected chi connectivity index (χ1v) is 36.0. The highest BCUT2D eigenvalue weighted by Crippen LogP contribution is 2.37. The number of halogens is 4. The number of alkyl halides is 3. The number of carbonyl (C=O) groups excluding carboxylic acids is 12. The van der Waals surface area contributed by atoms with E-state index in [0.29, 0.717) is 57.2 Å². The average Bonchev–Trinajstić information content (AvgIpc) is 1.57. The molecular weight excluding hydrogens is 1310 g/mol. The number of rotatable bonds is 11. The van der Waals surface area contributed by atoms with Crippen molar-refractivity contribution in [1.29, 1.82) is 0 Å². The van der Waals surface area contributed by atoms with Gasteiger partial charge in [-0.2, -0.15) is 13.2 Å². The molecular formula is C71H110ClF3N12O12. The van der Waals surface area contributed by atoms with Gasteiger partial charge in [-0.25, -0.2) is 0 Å². The van der Waals surface area contributed by atoms with Crippen LogP contribution in [0.1, 0.15) is 181 Å². The molecule has 0 aromatic heterocycles. The Morgan fingerprint density at radius 1 is 0.626 bits per heavy atom. The van der Waals surface area contributed by atoms with Crippen molar-refractivity contribution >= 4 is 82.5 Å². The first kappa shape index (κ1) is 80.9. The van der Waals surface area contributed by atoms with E-state index >= 15 is 24.0 Å². The van der Waals surface area contributed by atoms with Gasteiger partial charge in [0.05, 0.1) is 36.6 Å². The molecule has 554 valence electrons. The number of nitrogens with zero attached hydrogens (tertiary/aromatic N) is 9. The second-order valence-electron chi connectivity index (χ2n) is 29.5.